The molecule has 0 saturated heterocycles. The van der Waals surface area contributed by atoms with Crippen LogP contribution < -0.4 is 11.1 Å². The highest BCUT2D eigenvalue weighted by Gasteiger charge is 2.20. The molecule has 0 saturated carbocycles. The van der Waals surface area contributed by atoms with E-state index in [-0.39, 0.29) is 11.8 Å². The minimum Gasteiger partial charge on any atom is -0.368 e. The third kappa shape index (κ3) is 4.25. The molecule has 0 radical (unpaired) electrons. The van der Waals surface area contributed by atoms with Crippen molar-refractivity contribution in [2.24, 2.45) is 11.7 Å². The van der Waals surface area contributed by atoms with Crippen LogP contribution in [-0.2, 0) is 11.2 Å². The van der Waals surface area contributed by atoms with Gasteiger partial charge in [0, 0.05) is 12.5 Å². The van der Waals surface area contributed by atoms with Gasteiger partial charge in [-0.25, -0.2) is 9.97 Å². The van der Waals surface area contributed by atoms with Gasteiger partial charge in [-0.05, 0) is 28.3 Å². The number of amides is 1. The number of hydrogen-bond acceptors (Lipinski definition) is 4. The molecule has 0 aliphatic rings. The molecule has 1 heterocycles. The van der Waals surface area contributed by atoms with Crippen LogP contribution in [0.4, 0.5) is 5.82 Å². The number of nitrogens with two attached hydrogens (primary N) is 1. The van der Waals surface area contributed by atoms with Crippen molar-refractivity contribution < 1.29 is 4.79 Å². The van der Waals surface area contributed by atoms with Crippen LogP contribution in [0.15, 0.2) is 10.7 Å². The van der Waals surface area contributed by atoms with Crippen LogP contribution in [-0.4, -0.2) is 21.9 Å². The van der Waals surface area contributed by atoms with Crippen LogP contribution in [0.2, 0.25) is 0 Å². The van der Waals surface area contributed by atoms with Gasteiger partial charge in [-0.3, -0.25) is 4.79 Å². The minimum absolute atomic E-state index is 0.103. The van der Waals surface area contributed by atoms with Crippen molar-refractivity contribution in [3.05, 3.63) is 16.5 Å². The molecule has 1 aromatic heterocycles. The summed E-state index contributed by atoms with van der Waals surface area (Å²) in [4.78, 5) is 20.0. The lowest BCUT2D eigenvalue weighted by Crippen LogP contribution is -2.39. The zero-order chi connectivity index (χ0) is 13.7. The fraction of sp³-hybridized carbons (Fsp3) is 0.583. The van der Waals surface area contributed by atoms with Gasteiger partial charge < -0.3 is 11.1 Å². The monoisotopic (exact) mass is 314 g/mol. The zero-order valence-corrected chi connectivity index (χ0v) is 12.5. The summed E-state index contributed by atoms with van der Waals surface area (Å²) < 4.78 is 0.704. The van der Waals surface area contributed by atoms with E-state index in [4.69, 9.17) is 5.73 Å². The highest BCUT2D eigenvalue weighted by atomic mass is 79.9. The third-order valence-corrected chi connectivity index (χ3v) is 2.90. The number of primary amides is 1. The van der Waals surface area contributed by atoms with Crippen molar-refractivity contribution in [2.75, 3.05) is 5.32 Å². The molecule has 3 N–H and O–H groups in total. The Morgan fingerprint density at radius 3 is 2.67 bits per heavy atom. The van der Waals surface area contributed by atoms with E-state index in [1.807, 2.05) is 13.8 Å². The lowest BCUT2D eigenvalue weighted by Gasteiger charge is -2.19. The summed E-state index contributed by atoms with van der Waals surface area (Å²) in [6.07, 6.45) is 1.77. The average molecular weight is 315 g/mol. The molecule has 0 aliphatic heterocycles. The smallest absolute Gasteiger partial charge is 0.240 e. The first kappa shape index (κ1) is 14.9. The normalized spacial score (nSPS) is 12.5. The number of anilines is 1. The van der Waals surface area contributed by atoms with Crippen LogP contribution in [0, 0.1) is 5.92 Å². The second kappa shape index (κ2) is 6.68. The first-order chi connectivity index (χ1) is 8.43. The standard InChI is InChI=1S/C12H19BrN4O/c1-4-5-9-15-8(13)6-10(16-9)17-11(7(2)3)12(14)18/h6-7,11H,4-5H2,1-3H3,(H2,14,18)(H,15,16,17). The van der Waals surface area contributed by atoms with Crippen molar-refractivity contribution >= 4 is 27.7 Å². The van der Waals surface area contributed by atoms with E-state index >= 15 is 0 Å². The molecule has 100 valence electrons. The largest absolute Gasteiger partial charge is 0.368 e. The molecule has 18 heavy (non-hydrogen) atoms. The molecule has 0 fully saturated rings. The van der Waals surface area contributed by atoms with E-state index in [9.17, 15) is 4.79 Å². The second-order valence-electron chi connectivity index (χ2n) is 4.51. The Hall–Kier alpha value is -1.17. The van der Waals surface area contributed by atoms with Crippen LogP contribution in [0.5, 0.6) is 0 Å². The quantitative estimate of drug-likeness (QED) is 0.788. The summed E-state index contributed by atoms with van der Waals surface area (Å²) in [5, 5.41) is 3.06. The lowest BCUT2D eigenvalue weighted by molar-refractivity contribution is -0.119. The molecule has 6 heteroatoms. The van der Waals surface area contributed by atoms with E-state index in [2.05, 4.69) is 38.1 Å². The summed E-state index contributed by atoms with van der Waals surface area (Å²) >= 11 is 3.34. The molecule has 1 aromatic rings. The number of aromatic nitrogens is 2. The van der Waals surface area contributed by atoms with Gasteiger partial charge in [0.15, 0.2) is 0 Å². The minimum atomic E-state index is -0.429. The fourth-order valence-corrected chi connectivity index (χ4v) is 2.02. The Kier molecular flexibility index (Phi) is 5.53. The molecule has 1 amide bonds. The van der Waals surface area contributed by atoms with Crippen LogP contribution >= 0.6 is 15.9 Å². The van der Waals surface area contributed by atoms with Crippen molar-refractivity contribution in [2.45, 2.75) is 39.7 Å². The number of aryl methyl sites for hydroxylation is 1. The van der Waals surface area contributed by atoms with Crippen molar-refractivity contribution in [1.82, 2.24) is 9.97 Å². The summed E-state index contributed by atoms with van der Waals surface area (Å²) in [7, 11) is 0. The zero-order valence-electron chi connectivity index (χ0n) is 10.9. The first-order valence-corrected chi connectivity index (χ1v) is 6.82. The average Bonchev–Trinajstić information content (AvgIpc) is 2.24. The number of nitrogens with one attached hydrogen (secondary N) is 1. The van der Waals surface area contributed by atoms with E-state index in [1.54, 1.807) is 6.07 Å². The highest BCUT2D eigenvalue weighted by Crippen LogP contribution is 2.16. The molecule has 5 nitrogen and oxygen atoms in total. The second-order valence-corrected chi connectivity index (χ2v) is 5.32. The Balaban J connectivity index is 2.91. The molecule has 0 aliphatic carbocycles. The Labute approximate surface area is 116 Å². The van der Waals surface area contributed by atoms with E-state index in [0.717, 1.165) is 18.7 Å². The molecule has 1 rings (SSSR count). The SMILES string of the molecule is CCCc1nc(Br)cc(NC(C(N)=O)C(C)C)n1. The van der Waals surface area contributed by atoms with Gasteiger partial charge in [0.05, 0.1) is 0 Å². The van der Waals surface area contributed by atoms with Gasteiger partial charge in [-0.2, -0.15) is 0 Å². The molecule has 0 aromatic carbocycles. The van der Waals surface area contributed by atoms with Gasteiger partial charge in [0.25, 0.3) is 0 Å². The Morgan fingerprint density at radius 1 is 1.50 bits per heavy atom. The number of rotatable bonds is 6. The topological polar surface area (TPSA) is 80.9 Å². The Bertz CT molecular complexity index is 423. The van der Waals surface area contributed by atoms with Gasteiger partial charge >= 0.3 is 0 Å². The van der Waals surface area contributed by atoms with Crippen LogP contribution in [0.1, 0.15) is 33.0 Å². The molecule has 0 bridgehead atoms. The molecule has 1 atom stereocenters. The predicted molar refractivity (Wildman–Crippen MR) is 75.2 cm³/mol. The van der Waals surface area contributed by atoms with E-state index in [0.29, 0.717) is 10.4 Å². The highest BCUT2D eigenvalue weighted by molar-refractivity contribution is 9.10. The summed E-state index contributed by atoms with van der Waals surface area (Å²) in [6, 6.07) is 1.32. The molecular formula is C12H19BrN4O. The number of halogens is 1. The van der Waals surface area contributed by atoms with Crippen molar-refractivity contribution in [3.63, 3.8) is 0 Å². The summed E-state index contributed by atoms with van der Waals surface area (Å²) in [5.74, 6) is 1.10. The van der Waals surface area contributed by atoms with Gasteiger partial charge in [-0.15, -0.1) is 0 Å². The fourth-order valence-electron chi connectivity index (χ4n) is 1.60. The van der Waals surface area contributed by atoms with Crippen molar-refractivity contribution in [3.8, 4) is 0 Å². The Morgan fingerprint density at radius 2 is 2.17 bits per heavy atom. The molecule has 0 spiro atoms. The summed E-state index contributed by atoms with van der Waals surface area (Å²) in [6.45, 7) is 5.94. The maximum atomic E-state index is 11.3. The maximum absolute atomic E-state index is 11.3. The van der Waals surface area contributed by atoms with E-state index < -0.39 is 6.04 Å². The number of carbonyl (C=O) groups is 1. The van der Waals surface area contributed by atoms with Crippen LogP contribution in [0.25, 0.3) is 0 Å². The molecular weight excluding hydrogens is 296 g/mol. The first-order valence-electron chi connectivity index (χ1n) is 6.03. The van der Waals surface area contributed by atoms with Crippen LogP contribution in [0.3, 0.4) is 0 Å². The van der Waals surface area contributed by atoms with E-state index in [1.165, 1.54) is 0 Å². The number of hydrogen-bond donors (Lipinski definition) is 2. The number of carbonyl (C=O) groups excluding carboxylic acids is 1. The maximum Gasteiger partial charge on any atom is 0.240 e. The molecule has 1 unspecified atom stereocenters. The van der Waals surface area contributed by atoms with Crippen molar-refractivity contribution in [1.29, 1.82) is 0 Å². The van der Waals surface area contributed by atoms with Gasteiger partial charge in [0.1, 0.15) is 22.3 Å². The lowest BCUT2D eigenvalue weighted by atomic mass is 10.0. The third-order valence-electron chi connectivity index (χ3n) is 2.49. The summed E-state index contributed by atoms with van der Waals surface area (Å²) in [5.41, 5.74) is 5.36. The van der Waals surface area contributed by atoms with Gasteiger partial charge in [0.2, 0.25) is 5.91 Å². The number of nitrogens with zero attached hydrogens (tertiary/aromatic N) is 2. The predicted octanol–water partition coefficient (Wildman–Crippen LogP) is 2.11. The van der Waals surface area contributed by atoms with Gasteiger partial charge in [-0.1, -0.05) is 20.8 Å².